The summed E-state index contributed by atoms with van der Waals surface area (Å²) < 4.78 is 0. The monoisotopic (exact) mass is 175 g/mol. The third kappa shape index (κ3) is 1.63. The van der Waals surface area contributed by atoms with Gasteiger partial charge in [-0.2, -0.15) is 0 Å². The first-order chi connectivity index (χ1) is 6.27. The molecule has 0 saturated carbocycles. The van der Waals surface area contributed by atoms with Gasteiger partial charge in [0, 0.05) is 11.6 Å². The summed E-state index contributed by atoms with van der Waals surface area (Å²) in [6.07, 6.45) is 1.18. The number of carbonyl (C=O) groups excluding carboxylic acids is 1. The second-order valence-electron chi connectivity index (χ2n) is 3.48. The van der Waals surface area contributed by atoms with Crippen molar-refractivity contribution in [1.82, 2.24) is 5.32 Å². The molecule has 0 unspecified atom stereocenters. The number of ketones is 1. The van der Waals surface area contributed by atoms with Crippen LogP contribution in [0.15, 0.2) is 24.3 Å². The quantitative estimate of drug-likeness (QED) is 0.696. The van der Waals surface area contributed by atoms with Gasteiger partial charge >= 0.3 is 0 Å². The fourth-order valence-electron chi connectivity index (χ4n) is 1.55. The molecule has 2 nitrogen and oxygen atoms in total. The highest BCUT2D eigenvalue weighted by molar-refractivity contribution is 5.94. The van der Waals surface area contributed by atoms with E-state index in [2.05, 4.69) is 11.4 Å². The molecule has 0 spiro atoms. The van der Waals surface area contributed by atoms with E-state index in [-0.39, 0.29) is 5.78 Å². The summed E-state index contributed by atoms with van der Waals surface area (Å²) in [5.74, 6) is 0.140. The molecule has 1 N–H and O–H groups in total. The zero-order valence-electron chi connectivity index (χ0n) is 7.71. The standard InChI is InChI=1S/C11H13NO/c1-8(13)9-3-2-4-10(7-9)11-5-6-12-11/h2-4,7,11-12H,5-6H2,1H3/t11-/m0/s1. The molecule has 1 atom stereocenters. The Bertz CT molecular complexity index is 329. The number of hydrogen-bond acceptors (Lipinski definition) is 2. The molecular formula is C11H13NO. The fourth-order valence-corrected chi connectivity index (χ4v) is 1.55. The van der Waals surface area contributed by atoms with Crippen LogP contribution < -0.4 is 5.32 Å². The van der Waals surface area contributed by atoms with Gasteiger partial charge in [0.2, 0.25) is 0 Å². The smallest absolute Gasteiger partial charge is 0.159 e. The van der Waals surface area contributed by atoms with Gasteiger partial charge in [0.25, 0.3) is 0 Å². The lowest BCUT2D eigenvalue weighted by molar-refractivity contribution is 0.101. The SMILES string of the molecule is CC(=O)c1cccc([C@@H]2CCN2)c1. The van der Waals surface area contributed by atoms with Crippen LogP contribution in [0, 0.1) is 0 Å². The minimum Gasteiger partial charge on any atom is -0.310 e. The first-order valence-electron chi connectivity index (χ1n) is 4.61. The van der Waals surface area contributed by atoms with Crippen LogP contribution in [0.2, 0.25) is 0 Å². The highest BCUT2D eigenvalue weighted by atomic mass is 16.1. The van der Waals surface area contributed by atoms with Crippen molar-refractivity contribution in [3.8, 4) is 0 Å². The molecule has 1 aliphatic rings. The Labute approximate surface area is 78.0 Å². The number of Topliss-reactive ketones (excluding diaryl/α,β-unsaturated/α-hetero) is 1. The predicted octanol–water partition coefficient (Wildman–Crippen LogP) is 1.92. The minimum atomic E-state index is 0.140. The minimum absolute atomic E-state index is 0.140. The van der Waals surface area contributed by atoms with Crippen LogP contribution in [0.5, 0.6) is 0 Å². The maximum atomic E-state index is 11.1. The van der Waals surface area contributed by atoms with Crippen molar-refractivity contribution in [1.29, 1.82) is 0 Å². The predicted molar refractivity (Wildman–Crippen MR) is 51.8 cm³/mol. The van der Waals surface area contributed by atoms with Crippen molar-refractivity contribution in [2.75, 3.05) is 6.54 Å². The van der Waals surface area contributed by atoms with E-state index in [1.807, 2.05) is 18.2 Å². The van der Waals surface area contributed by atoms with Crippen LogP contribution >= 0.6 is 0 Å². The molecule has 0 radical (unpaired) electrons. The summed E-state index contributed by atoms with van der Waals surface area (Å²) in [6.45, 7) is 2.70. The number of nitrogens with one attached hydrogen (secondary N) is 1. The van der Waals surface area contributed by atoms with Crippen molar-refractivity contribution in [3.05, 3.63) is 35.4 Å². The summed E-state index contributed by atoms with van der Waals surface area (Å²) in [4.78, 5) is 11.1. The summed E-state index contributed by atoms with van der Waals surface area (Å²) >= 11 is 0. The normalized spacial score (nSPS) is 20.8. The molecule has 2 rings (SSSR count). The lowest BCUT2D eigenvalue weighted by Crippen LogP contribution is -2.34. The van der Waals surface area contributed by atoms with E-state index in [0.29, 0.717) is 6.04 Å². The zero-order valence-corrected chi connectivity index (χ0v) is 7.71. The van der Waals surface area contributed by atoms with E-state index in [4.69, 9.17) is 0 Å². The van der Waals surface area contributed by atoms with Crippen LogP contribution in [-0.4, -0.2) is 12.3 Å². The second-order valence-corrected chi connectivity index (χ2v) is 3.48. The first-order valence-corrected chi connectivity index (χ1v) is 4.61. The number of carbonyl (C=O) groups is 1. The Morgan fingerprint density at radius 1 is 1.54 bits per heavy atom. The van der Waals surface area contributed by atoms with Crippen molar-refractivity contribution < 1.29 is 4.79 Å². The molecule has 1 heterocycles. The molecule has 0 aromatic heterocycles. The fraction of sp³-hybridized carbons (Fsp3) is 0.364. The number of hydrogen-bond donors (Lipinski definition) is 1. The maximum Gasteiger partial charge on any atom is 0.159 e. The Hall–Kier alpha value is -1.15. The first kappa shape index (κ1) is 8.45. The van der Waals surface area contributed by atoms with E-state index >= 15 is 0 Å². The van der Waals surface area contributed by atoms with Gasteiger partial charge < -0.3 is 5.32 Å². The van der Waals surface area contributed by atoms with E-state index < -0.39 is 0 Å². The summed E-state index contributed by atoms with van der Waals surface area (Å²) in [6, 6.07) is 8.35. The summed E-state index contributed by atoms with van der Waals surface area (Å²) in [5.41, 5.74) is 2.05. The highest BCUT2D eigenvalue weighted by Gasteiger charge is 2.18. The average molecular weight is 175 g/mol. The molecule has 13 heavy (non-hydrogen) atoms. The van der Waals surface area contributed by atoms with Gasteiger partial charge in [-0.05, 0) is 31.5 Å². The third-order valence-corrected chi connectivity index (χ3v) is 2.52. The summed E-state index contributed by atoms with van der Waals surface area (Å²) in [7, 11) is 0. The molecule has 0 bridgehead atoms. The highest BCUT2D eigenvalue weighted by Crippen LogP contribution is 2.23. The van der Waals surface area contributed by atoms with E-state index in [0.717, 1.165) is 12.1 Å². The van der Waals surface area contributed by atoms with Crippen molar-refractivity contribution in [2.45, 2.75) is 19.4 Å². The molecule has 1 aromatic rings. The lowest BCUT2D eigenvalue weighted by atomic mass is 9.96. The third-order valence-electron chi connectivity index (χ3n) is 2.52. The number of rotatable bonds is 2. The Kier molecular flexibility index (Phi) is 2.15. The Morgan fingerprint density at radius 2 is 2.31 bits per heavy atom. The molecule has 0 aliphatic carbocycles. The number of benzene rings is 1. The molecule has 2 heteroatoms. The van der Waals surface area contributed by atoms with Gasteiger partial charge in [0.05, 0.1) is 0 Å². The maximum absolute atomic E-state index is 11.1. The lowest BCUT2D eigenvalue weighted by Gasteiger charge is -2.28. The molecule has 1 fully saturated rings. The van der Waals surface area contributed by atoms with Gasteiger partial charge in [-0.3, -0.25) is 4.79 Å². The molecule has 1 aromatic carbocycles. The largest absolute Gasteiger partial charge is 0.310 e. The molecule has 1 aliphatic heterocycles. The van der Waals surface area contributed by atoms with Crippen LogP contribution in [0.3, 0.4) is 0 Å². The van der Waals surface area contributed by atoms with E-state index in [1.165, 1.54) is 12.0 Å². The second kappa shape index (κ2) is 3.30. The van der Waals surface area contributed by atoms with Crippen molar-refractivity contribution in [2.24, 2.45) is 0 Å². The van der Waals surface area contributed by atoms with E-state index in [1.54, 1.807) is 6.92 Å². The molecule has 68 valence electrons. The van der Waals surface area contributed by atoms with Gasteiger partial charge in [-0.1, -0.05) is 18.2 Å². The summed E-state index contributed by atoms with van der Waals surface area (Å²) in [5, 5.41) is 3.32. The molecule has 0 amide bonds. The molecule has 1 saturated heterocycles. The Morgan fingerprint density at radius 3 is 2.85 bits per heavy atom. The van der Waals surface area contributed by atoms with Crippen molar-refractivity contribution in [3.63, 3.8) is 0 Å². The van der Waals surface area contributed by atoms with E-state index in [9.17, 15) is 4.79 Å². The van der Waals surface area contributed by atoms with Crippen LogP contribution in [-0.2, 0) is 0 Å². The van der Waals surface area contributed by atoms with Crippen LogP contribution in [0.25, 0.3) is 0 Å². The van der Waals surface area contributed by atoms with Gasteiger partial charge in [0.1, 0.15) is 0 Å². The zero-order chi connectivity index (χ0) is 9.26. The molecular weight excluding hydrogens is 162 g/mol. The van der Waals surface area contributed by atoms with Crippen LogP contribution in [0.4, 0.5) is 0 Å². The topological polar surface area (TPSA) is 29.1 Å². The van der Waals surface area contributed by atoms with Crippen molar-refractivity contribution >= 4 is 5.78 Å². The van der Waals surface area contributed by atoms with Gasteiger partial charge in [0.15, 0.2) is 5.78 Å². The average Bonchev–Trinajstić information content (AvgIpc) is 2.01. The van der Waals surface area contributed by atoms with Gasteiger partial charge in [-0.25, -0.2) is 0 Å². The van der Waals surface area contributed by atoms with Gasteiger partial charge in [-0.15, -0.1) is 0 Å². The van der Waals surface area contributed by atoms with Crippen LogP contribution in [0.1, 0.15) is 35.3 Å². The Balaban J connectivity index is 2.26.